The molecule has 32 nitrogen and oxygen atoms in total. The Balaban J connectivity index is 2.69. The summed E-state index contributed by atoms with van der Waals surface area (Å²) in [6, 6.07) is 0. The number of rotatable bonds is 19. The van der Waals surface area contributed by atoms with Crippen molar-refractivity contribution in [2.24, 2.45) is 0 Å². The molecule has 10 atom stereocenters. The lowest BCUT2D eigenvalue weighted by Crippen LogP contribution is -2.67. The highest BCUT2D eigenvalue weighted by Gasteiger charge is 2.57. The Hall–Kier alpha value is -5.76. The van der Waals surface area contributed by atoms with E-state index in [1.165, 1.54) is 0 Å². The summed E-state index contributed by atoms with van der Waals surface area (Å²) in [4.78, 5) is 107. The van der Waals surface area contributed by atoms with Crippen LogP contribution in [-0.2, 0) is 52.8 Å². The van der Waals surface area contributed by atoms with Crippen LogP contribution in [0.1, 0.15) is 0 Å². The first-order valence-corrected chi connectivity index (χ1v) is 11.1. The van der Waals surface area contributed by atoms with Crippen LogP contribution in [-0.4, -0.2) is 117 Å². The quantitative estimate of drug-likeness (QED) is 0.0961. The summed E-state index contributed by atoms with van der Waals surface area (Å²) < 4.78 is 20.7. The average molecular weight is 671 g/mol. The first-order valence-electron chi connectivity index (χ1n) is 11.1. The first kappa shape index (κ1) is 35.4. The normalized spacial score (nSPS) is 30.9. The van der Waals surface area contributed by atoms with Crippen LogP contribution >= 0.6 is 0 Å². The molecule has 0 N–H and O–H groups in total. The highest BCUT2D eigenvalue weighted by atomic mass is 17.0. The van der Waals surface area contributed by atoms with Crippen LogP contribution in [0.4, 0.5) is 0 Å². The Labute approximate surface area is 242 Å². The van der Waals surface area contributed by atoms with Crippen LogP contribution in [0.2, 0.25) is 0 Å². The lowest BCUT2D eigenvalue weighted by molar-refractivity contribution is -0.826. The van der Waals surface area contributed by atoms with Gasteiger partial charge in [0.05, 0.1) is 0 Å². The van der Waals surface area contributed by atoms with E-state index in [0.717, 1.165) is 7.11 Å². The van der Waals surface area contributed by atoms with Crippen molar-refractivity contribution in [3.05, 3.63) is 70.8 Å². The molecule has 0 amide bonds. The maximum atomic E-state index is 11.3. The molecule has 0 bridgehead atoms. The highest BCUT2D eigenvalue weighted by molar-refractivity contribution is 4.95. The number of ether oxygens (including phenoxy) is 4. The van der Waals surface area contributed by atoms with E-state index >= 15 is 0 Å². The number of nitrogens with zero attached hydrogens (tertiary/aromatic N) is 7. The van der Waals surface area contributed by atoms with E-state index < -0.39 is 110 Å². The summed E-state index contributed by atoms with van der Waals surface area (Å²) in [5, 5.41) is 66.7. The molecule has 0 saturated carbocycles. The summed E-state index contributed by atoms with van der Waals surface area (Å²) >= 11 is 0. The maximum Gasteiger partial charge on any atom is 0.295 e. The van der Waals surface area contributed by atoms with Gasteiger partial charge in [-0.15, -0.1) is 70.8 Å². The smallest absolute Gasteiger partial charge is 0.295 e. The van der Waals surface area contributed by atoms with Gasteiger partial charge in [-0.25, -0.2) is 0 Å². The molecular formula is C13H17N7O25. The van der Waals surface area contributed by atoms with Crippen LogP contribution in [0.15, 0.2) is 0 Å². The lowest BCUT2D eigenvalue weighted by atomic mass is 9.96. The van der Waals surface area contributed by atoms with Crippen LogP contribution in [0.25, 0.3) is 0 Å². The van der Waals surface area contributed by atoms with Crippen LogP contribution in [0, 0.1) is 70.8 Å². The second-order valence-corrected chi connectivity index (χ2v) is 7.93. The second-order valence-electron chi connectivity index (χ2n) is 7.93. The summed E-state index contributed by atoms with van der Waals surface area (Å²) in [5.74, 6) is 0. The third kappa shape index (κ3) is 10.2. The second kappa shape index (κ2) is 15.6. The Morgan fingerprint density at radius 1 is 0.467 bits per heavy atom. The molecule has 254 valence electrons. The zero-order valence-corrected chi connectivity index (χ0v) is 21.5. The largest absolute Gasteiger partial charge is 0.353 e. The molecule has 0 aromatic heterocycles. The molecular weight excluding hydrogens is 654 g/mol. The molecule has 0 aliphatic carbocycles. The molecule has 0 unspecified atom stereocenters. The Morgan fingerprint density at radius 3 is 1.20 bits per heavy atom. The molecule has 0 radical (unpaired) electrons. The predicted molar refractivity (Wildman–Crippen MR) is 114 cm³/mol. The van der Waals surface area contributed by atoms with Crippen LogP contribution < -0.4 is 0 Å². The van der Waals surface area contributed by atoms with E-state index in [1.807, 2.05) is 0 Å². The molecule has 2 rings (SSSR count). The number of hydrogen-bond donors (Lipinski definition) is 0. The first-order chi connectivity index (χ1) is 21.0. The molecule has 2 aliphatic heterocycles. The van der Waals surface area contributed by atoms with E-state index in [4.69, 9.17) is 18.9 Å². The SMILES string of the molecule is CO[C@@H]1O[C@H](CO[N+](=O)[O-])[C@@H](O[C@@H]2O[C@H](CO[N+](=O)[O-])[C@@H](O[N+](=O)[O-])[C@H](O[N+](=O)[O-])[C@H]2O[N+](=O)[O-])[C@H](O[N+](=O)[O-])[C@H]1O[N+](=O)[O-]. The van der Waals surface area contributed by atoms with E-state index in [1.54, 1.807) is 0 Å². The van der Waals surface area contributed by atoms with Crippen LogP contribution in [0.5, 0.6) is 0 Å². The van der Waals surface area contributed by atoms with Gasteiger partial charge in [-0.2, -0.15) is 0 Å². The zero-order valence-electron chi connectivity index (χ0n) is 21.5. The van der Waals surface area contributed by atoms with Crippen molar-refractivity contribution in [1.82, 2.24) is 0 Å². The van der Waals surface area contributed by atoms with E-state index in [9.17, 15) is 70.8 Å². The number of methoxy groups -OCH3 is 1. The minimum absolute atomic E-state index is 0.830. The van der Waals surface area contributed by atoms with Crippen LogP contribution in [0.3, 0.4) is 0 Å². The van der Waals surface area contributed by atoms with Crippen molar-refractivity contribution in [1.29, 1.82) is 0 Å². The topological polar surface area (TPSA) is 404 Å². The third-order valence-corrected chi connectivity index (χ3v) is 5.43. The van der Waals surface area contributed by atoms with Gasteiger partial charge >= 0.3 is 0 Å². The lowest BCUT2D eigenvalue weighted by Gasteiger charge is -2.47. The molecule has 0 aromatic carbocycles. The molecule has 0 spiro atoms. The Kier molecular flexibility index (Phi) is 12.3. The third-order valence-electron chi connectivity index (χ3n) is 5.43. The highest BCUT2D eigenvalue weighted by Crippen LogP contribution is 2.35. The van der Waals surface area contributed by atoms with Crippen molar-refractivity contribution in [3.8, 4) is 0 Å². The van der Waals surface area contributed by atoms with Crippen molar-refractivity contribution < 1.29 is 88.4 Å². The molecule has 2 heterocycles. The minimum atomic E-state index is -2.69. The van der Waals surface area contributed by atoms with E-state index in [2.05, 4.69) is 33.9 Å². The number of hydrogen-bond acceptors (Lipinski definition) is 25. The summed E-state index contributed by atoms with van der Waals surface area (Å²) in [7, 11) is 0.830. The van der Waals surface area contributed by atoms with Gasteiger partial charge in [0.25, 0.3) is 35.6 Å². The van der Waals surface area contributed by atoms with Gasteiger partial charge in [0, 0.05) is 7.11 Å². The van der Waals surface area contributed by atoms with Crippen molar-refractivity contribution >= 4 is 0 Å². The summed E-state index contributed by atoms with van der Waals surface area (Å²) in [5.41, 5.74) is 0. The summed E-state index contributed by atoms with van der Waals surface area (Å²) in [6.45, 7) is -2.65. The van der Waals surface area contributed by atoms with Crippen molar-refractivity contribution in [2.45, 2.75) is 61.4 Å². The fraction of sp³-hybridized carbons (Fsp3) is 1.00. The van der Waals surface area contributed by atoms with Crippen molar-refractivity contribution in [3.63, 3.8) is 0 Å². The molecule has 2 fully saturated rings. The molecule has 2 aliphatic rings. The fourth-order valence-corrected chi connectivity index (χ4v) is 4.00. The Morgan fingerprint density at radius 2 is 0.800 bits per heavy atom. The zero-order chi connectivity index (χ0) is 34.0. The van der Waals surface area contributed by atoms with E-state index in [0.29, 0.717) is 0 Å². The van der Waals surface area contributed by atoms with Gasteiger partial charge in [0.2, 0.25) is 0 Å². The molecule has 32 heteroatoms. The van der Waals surface area contributed by atoms with Crippen molar-refractivity contribution in [2.75, 3.05) is 20.3 Å². The van der Waals surface area contributed by atoms with E-state index in [-0.39, 0.29) is 0 Å². The van der Waals surface area contributed by atoms with Gasteiger partial charge in [0.1, 0.15) is 31.5 Å². The average Bonchev–Trinajstić information content (AvgIpc) is 2.90. The van der Waals surface area contributed by atoms with Gasteiger partial charge in [-0.05, 0) is 0 Å². The predicted octanol–water partition coefficient (Wildman–Crippen LogP) is -3.23. The van der Waals surface area contributed by atoms with Gasteiger partial charge in [0.15, 0.2) is 43.1 Å². The fourth-order valence-electron chi connectivity index (χ4n) is 4.00. The molecule has 2 saturated heterocycles. The summed E-state index contributed by atoms with van der Waals surface area (Å²) in [6.07, 6.45) is -23.9. The molecule has 0 aromatic rings. The standard InChI is InChI=1S/C13H17N7O25/c1-35-12-10(44-19(31)32)8(42-17(27)28)6(4(38-12)2-36-14(21)22)40-13-11(45-20(33)34)9(43-18(29)30)7(41-16(25)26)5(39-13)3-37-15(23)24/h4-13H,2-3H2,1H3/t4-,5-,6-,7-,8+,9+,10-,11-,12-,13+/m1/s1. The van der Waals surface area contributed by atoms with Gasteiger partial charge in [-0.3, -0.25) is 0 Å². The molecule has 45 heavy (non-hydrogen) atoms. The Bertz CT molecular complexity index is 1120. The monoisotopic (exact) mass is 671 g/mol. The van der Waals surface area contributed by atoms with Gasteiger partial charge in [-0.1, -0.05) is 0 Å². The maximum absolute atomic E-state index is 11.3. The minimum Gasteiger partial charge on any atom is -0.353 e. The van der Waals surface area contributed by atoms with Gasteiger partial charge < -0.3 is 52.8 Å².